The second-order valence-electron chi connectivity index (χ2n) is 11.6. The monoisotopic (exact) mass is 644 g/mol. The van der Waals surface area contributed by atoms with Gasteiger partial charge in [-0.05, 0) is 67.3 Å². The number of rotatable bonds is 12. The number of ketones is 1. The molecule has 2 aliphatic carbocycles. The molecule has 0 amide bonds. The van der Waals surface area contributed by atoms with Crippen molar-refractivity contribution < 1.29 is 44.8 Å². The molecule has 11 nitrogen and oxygen atoms in total. The number of primary sulfonamides is 1. The minimum atomic E-state index is -4.08. The van der Waals surface area contributed by atoms with Gasteiger partial charge in [-0.1, -0.05) is 19.9 Å². The van der Waals surface area contributed by atoms with E-state index in [1.807, 2.05) is 20.8 Å². The number of Topliss-reactive ketones (excluding diaryl/α,β-unsaturated/α-hetero) is 1. The molecule has 0 radical (unpaired) electrons. The second kappa shape index (κ2) is 13.5. The third kappa shape index (κ3) is 8.24. The van der Waals surface area contributed by atoms with Gasteiger partial charge in [-0.2, -0.15) is 8.42 Å². The minimum Gasteiger partial charge on any atom is -0.495 e. The van der Waals surface area contributed by atoms with Gasteiger partial charge in [-0.3, -0.25) is 9.35 Å². The van der Waals surface area contributed by atoms with Crippen molar-refractivity contribution in [3.63, 3.8) is 0 Å². The molecule has 14 heteroatoms. The van der Waals surface area contributed by atoms with Crippen LogP contribution in [0.5, 0.6) is 17.2 Å². The number of carbonyl (C=O) groups is 1. The first-order chi connectivity index (χ1) is 19.9. The van der Waals surface area contributed by atoms with Crippen LogP contribution < -0.4 is 24.7 Å². The summed E-state index contributed by atoms with van der Waals surface area (Å²) in [6, 6.07) is 9.01. The predicted molar refractivity (Wildman–Crippen MR) is 159 cm³/mol. The summed E-state index contributed by atoms with van der Waals surface area (Å²) in [4.78, 5) is 11.8. The third-order valence-electron chi connectivity index (χ3n) is 8.62. The van der Waals surface area contributed by atoms with E-state index in [9.17, 15) is 26.0 Å². The zero-order chi connectivity index (χ0) is 32.2. The van der Waals surface area contributed by atoms with Gasteiger partial charge >= 0.3 is 0 Å². The van der Waals surface area contributed by atoms with Crippen LogP contribution in [0.4, 0.5) is 4.39 Å². The number of carbonyl (C=O) groups excluding carboxylic acids is 1. The van der Waals surface area contributed by atoms with Gasteiger partial charge in [0, 0.05) is 25.1 Å². The number of benzene rings is 2. The highest BCUT2D eigenvalue weighted by Crippen LogP contribution is 2.64. The quantitative estimate of drug-likeness (QED) is 0.230. The summed E-state index contributed by atoms with van der Waals surface area (Å²) in [5.41, 5.74) is -0.317. The van der Waals surface area contributed by atoms with E-state index >= 15 is 0 Å². The van der Waals surface area contributed by atoms with Crippen LogP contribution >= 0.6 is 0 Å². The van der Waals surface area contributed by atoms with Gasteiger partial charge in [-0.15, -0.1) is 0 Å². The molecule has 43 heavy (non-hydrogen) atoms. The van der Waals surface area contributed by atoms with Gasteiger partial charge in [0.05, 0.1) is 25.4 Å². The number of hydrogen-bond acceptors (Lipinski definition) is 9. The Morgan fingerprint density at radius 2 is 1.72 bits per heavy atom. The molecule has 0 saturated heterocycles. The molecule has 2 aliphatic rings. The lowest BCUT2D eigenvalue weighted by Gasteiger charge is -2.35. The molecule has 3 atom stereocenters. The summed E-state index contributed by atoms with van der Waals surface area (Å²) >= 11 is 0. The number of nitrogens with one attached hydrogen (secondary N) is 1. The zero-order valence-electron chi connectivity index (χ0n) is 25.1. The molecule has 2 bridgehead atoms. The maximum Gasteiger partial charge on any atom is 0.265 e. The van der Waals surface area contributed by atoms with Crippen molar-refractivity contribution in [3.05, 3.63) is 47.8 Å². The molecule has 4 N–H and O–H groups in total. The summed E-state index contributed by atoms with van der Waals surface area (Å²) < 4.78 is 83.4. The molecule has 0 spiro atoms. The summed E-state index contributed by atoms with van der Waals surface area (Å²) in [6.07, 6.45) is 2.55. The number of sulfonamides is 1. The van der Waals surface area contributed by atoms with E-state index in [1.165, 1.54) is 38.5 Å². The SMILES string of the molecule is CC1(C)C2CCC1(CS(=O)(=O)O)C(=O)C2.COc1ccc(F)cc1OCCN[C@H](C)Cc1ccc(OC)c(S(N)(=O)=O)c1. The lowest BCUT2D eigenvalue weighted by atomic mass is 9.70. The van der Waals surface area contributed by atoms with E-state index in [2.05, 4.69) is 5.32 Å². The highest BCUT2D eigenvalue weighted by molar-refractivity contribution is 7.89. The number of methoxy groups -OCH3 is 2. The Bertz CT molecular complexity index is 1530. The molecule has 240 valence electrons. The average Bonchev–Trinajstić information content (AvgIpc) is 3.24. The molecule has 2 unspecified atom stereocenters. The molecule has 4 rings (SSSR count). The average molecular weight is 645 g/mol. The molecule has 2 saturated carbocycles. The summed E-state index contributed by atoms with van der Waals surface area (Å²) in [7, 11) is -5.07. The van der Waals surface area contributed by atoms with E-state index in [0.717, 1.165) is 12.0 Å². The van der Waals surface area contributed by atoms with E-state index in [0.29, 0.717) is 43.9 Å². The van der Waals surface area contributed by atoms with Gasteiger partial charge in [0.25, 0.3) is 10.1 Å². The summed E-state index contributed by atoms with van der Waals surface area (Å²) in [6.45, 7) is 6.68. The Labute approximate surface area is 253 Å². The Balaban J connectivity index is 0.000000282. The van der Waals surface area contributed by atoms with E-state index in [-0.39, 0.29) is 33.8 Å². The van der Waals surface area contributed by atoms with Crippen molar-refractivity contribution in [2.45, 2.75) is 57.4 Å². The summed E-state index contributed by atoms with van der Waals surface area (Å²) in [5, 5.41) is 8.51. The molecule has 2 aromatic carbocycles. The van der Waals surface area contributed by atoms with Crippen LogP contribution in [0, 0.1) is 22.6 Å². The van der Waals surface area contributed by atoms with Crippen molar-refractivity contribution >= 4 is 25.9 Å². The molecule has 0 aliphatic heterocycles. The topological polar surface area (TPSA) is 171 Å². The van der Waals surface area contributed by atoms with Crippen LogP contribution in [0.3, 0.4) is 0 Å². The third-order valence-corrected chi connectivity index (χ3v) is 10.4. The standard InChI is InChI=1S/C19H25FN2O5S.C10H16O4S/c1-13(10-14-4-6-17(26-3)19(11-14)28(21,23)24)22-8-9-27-18-12-15(20)5-7-16(18)25-2;1-9(2)7-3-4-10(9,8(11)5-7)6-15(12,13)14/h4-7,11-13,22H,8-10H2,1-3H3,(H2,21,23,24);7H,3-6H2,1-2H3,(H,12,13,14)/t13-;/m1./s1. The van der Waals surface area contributed by atoms with Crippen LogP contribution in [-0.4, -0.2) is 66.3 Å². The highest BCUT2D eigenvalue weighted by Gasteiger charge is 2.65. The lowest BCUT2D eigenvalue weighted by Crippen LogP contribution is -2.42. The molecule has 2 aromatic rings. The molecule has 0 aromatic heterocycles. The lowest BCUT2D eigenvalue weighted by molar-refractivity contribution is -0.128. The van der Waals surface area contributed by atoms with Crippen molar-refractivity contribution in [3.8, 4) is 17.2 Å². The van der Waals surface area contributed by atoms with Crippen molar-refractivity contribution in [2.24, 2.45) is 21.9 Å². The van der Waals surface area contributed by atoms with Gasteiger partial charge in [0.1, 0.15) is 28.9 Å². The fourth-order valence-electron chi connectivity index (χ4n) is 6.15. The van der Waals surface area contributed by atoms with Crippen LogP contribution in [-0.2, 0) is 31.4 Å². The van der Waals surface area contributed by atoms with Crippen molar-refractivity contribution in [1.29, 1.82) is 0 Å². The number of hydrogen-bond donors (Lipinski definition) is 3. The molecule has 0 heterocycles. The Morgan fingerprint density at radius 3 is 2.26 bits per heavy atom. The number of nitrogens with two attached hydrogens (primary N) is 1. The summed E-state index contributed by atoms with van der Waals surface area (Å²) in [5.74, 6) is 0.510. The molecular weight excluding hydrogens is 603 g/mol. The van der Waals surface area contributed by atoms with Crippen LogP contribution in [0.2, 0.25) is 0 Å². The minimum absolute atomic E-state index is 0.0152. The fourth-order valence-corrected chi connectivity index (χ4v) is 8.19. The maximum absolute atomic E-state index is 13.3. The van der Waals surface area contributed by atoms with E-state index in [4.69, 9.17) is 23.9 Å². The number of fused-ring (bicyclic) bond motifs is 2. The van der Waals surface area contributed by atoms with Crippen LogP contribution in [0.25, 0.3) is 0 Å². The Hall–Kier alpha value is -2.78. The van der Waals surface area contributed by atoms with E-state index < -0.39 is 37.1 Å². The fraction of sp³-hybridized carbons (Fsp3) is 0.552. The van der Waals surface area contributed by atoms with E-state index in [1.54, 1.807) is 12.1 Å². The van der Waals surface area contributed by atoms with Gasteiger partial charge in [0.2, 0.25) is 10.0 Å². The second-order valence-corrected chi connectivity index (χ2v) is 14.6. The van der Waals surface area contributed by atoms with Gasteiger partial charge in [0.15, 0.2) is 11.5 Å². The first-order valence-corrected chi connectivity index (χ1v) is 17.0. The van der Waals surface area contributed by atoms with Gasteiger partial charge in [-0.25, -0.2) is 17.9 Å². The maximum atomic E-state index is 13.3. The molecule has 2 fully saturated rings. The Morgan fingerprint density at radius 1 is 1.07 bits per heavy atom. The largest absolute Gasteiger partial charge is 0.495 e. The number of halogens is 1. The van der Waals surface area contributed by atoms with Crippen molar-refractivity contribution in [1.82, 2.24) is 5.32 Å². The first kappa shape index (κ1) is 34.7. The normalized spacial score (nSPS) is 21.6. The number of ether oxygens (including phenoxy) is 3. The van der Waals surface area contributed by atoms with Crippen LogP contribution in [0.1, 0.15) is 45.6 Å². The van der Waals surface area contributed by atoms with Gasteiger partial charge < -0.3 is 19.5 Å². The zero-order valence-corrected chi connectivity index (χ0v) is 26.7. The predicted octanol–water partition coefficient (Wildman–Crippen LogP) is 3.36. The van der Waals surface area contributed by atoms with Crippen LogP contribution in [0.15, 0.2) is 41.3 Å². The van der Waals surface area contributed by atoms with Crippen molar-refractivity contribution in [2.75, 3.05) is 33.1 Å². The smallest absolute Gasteiger partial charge is 0.265 e. The first-order valence-electron chi connectivity index (χ1n) is 13.8. The highest BCUT2D eigenvalue weighted by atomic mass is 32.2. The molecular formula is C29H41FN2O9S2. The Kier molecular flexibility index (Phi) is 10.9.